The van der Waals surface area contributed by atoms with Crippen LogP contribution in [0.5, 0.6) is 0 Å². The third kappa shape index (κ3) is 4.34. The number of pyridine rings is 2. The predicted octanol–water partition coefficient (Wildman–Crippen LogP) is 4.11. The molecule has 168 valence electrons. The van der Waals surface area contributed by atoms with Crippen molar-refractivity contribution in [1.82, 2.24) is 14.7 Å². The van der Waals surface area contributed by atoms with Crippen LogP contribution in [0.3, 0.4) is 0 Å². The van der Waals surface area contributed by atoms with E-state index >= 15 is 0 Å². The molecule has 2 aliphatic rings. The van der Waals surface area contributed by atoms with Crippen molar-refractivity contribution < 1.29 is 12.8 Å². The van der Waals surface area contributed by atoms with Crippen molar-refractivity contribution in [3.63, 3.8) is 0 Å². The molecule has 0 saturated heterocycles. The molecule has 1 atom stereocenters. The molecule has 2 N–H and O–H groups in total. The van der Waals surface area contributed by atoms with E-state index in [0.717, 1.165) is 40.7 Å². The van der Waals surface area contributed by atoms with E-state index in [4.69, 9.17) is 0 Å². The average molecular weight is 455 g/mol. The first-order valence-corrected chi connectivity index (χ1v) is 12.5. The number of nitrogens with one attached hydrogen (secondary N) is 2. The number of halogens is 1. The van der Waals surface area contributed by atoms with Crippen molar-refractivity contribution in [2.24, 2.45) is 0 Å². The number of aromatic nitrogens is 2. The van der Waals surface area contributed by atoms with E-state index < -0.39 is 15.7 Å². The smallest absolute Gasteiger partial charge is 0.241 e. The van der Waals surface area contributed by atoms with Crippen LogP contribution in [0.15, 0.2) is 47.8 Å². The van der Waals surface area contributed by atoms with Crippen molar-refractivity contribution in [3.8, 4) is 0 Å². The molecule has 2 aliphatic carbocycles. The summed E-state index contributed by atoms with van der Waals surface area (Å²) in [6, 6.07) is 7.83. The maximum atomic E-state index is 14.2. The molecule has 0 spiro atoms. The zero-order valence-corrected chi connectivity index (χ0v) is 19.0. The van der Waals surface area contributed by atoms with Crippen LogP contribution in [0.4, 0.5) is 10.1 Å². The van der Waals surface area contributed by atoms with Crippen LogP contribution < -0.4 is 10.0 Å². The fraction of sp³-hybridized carbons (Fsp3) is 0.417. The highest BCUT2D eigenvalue weighted by Crippen LogP contribution is 2.42. The second-order valence-electron chi connectivity index (χ2n) is 9.48. The number of hydrogen-bond acceptors (Lipinski definition) is 5. The first kappa shape index (κ1) is 21.3. The summed E-state index contributed by atoms with van der Waals surface area (Å²) in [5.74, 6) is 0.404. The fourth-order valence-corrected chi connectivity index (χ4v) is 6.08. The van der Waals surface area contributed by atoms with Crippen molar-refractivity contribution in [2.45, 2.75) is 62.1 Å². The predicted molar refractivity (Wildman–Crippen MR) is 123 cm³/mol. The van der Waals surface area contributed by atoms with Crippen molar-refractivity contribution >= 4 is 26.5 Å². The Labute approximate surface area is 187 Å². The normalized spacial score (nSPS) is 18.7. The second-order valence-corrected chi connectivity index (χ2v) is 11.2. The summed E-state index contributed by atoms with van der Waals surface area (Å²) in [7, 11) is -3.92. The van der Waals surface area contributed by atoms with Crippen molar-refractivity contribution in [1.29, 1.82) is 0 Å². The Balaban J connectivity index is 1.58. The van der Waals surface area contributed by atoms with Gasteiger partial charge in [-0.2, -0.15) is 0 Å². The van der Waals surface area contributed by atoms with Crippen LogP contribution in [-0.4, -0.2) is 36.6 Å². The highest BCUT2D eigenvalue weighted by molar-refractivity contribution is 7.89. The summed E-state index contributed by atoms with van der Waals surface area (Å²) >= 11 is 0. The monoisotopic (exact) mass is 454 g/mol. The van der Waals surface area contributed by atoms with E-state index in [1.54, 1.807) is 18.6 Å². The van der Waals surface area contributed by atoms with Gasteiger partial charge in [0.25, 0.3) is 0 Å². The number of sulfonamides is 1. The highest BCUT2D eigenvalue weighted by atomic mass is 32.2. The quantitative estimate of drug-likeness (QED) is 0.561. The molecule has 6 nitrogen and oxygen atoms in total. The van der Waals surface area contributed by atoms with Crippen LogP contribution in [0, 0.1) is 0 Å². The summed E-state index contributed by atoms with van der Waals surface area (Å²) in [4.78, 5) is 9.01. The molecular formula is C24H27FN4O2S. The van der Waals surface area contributed by atoms with E-state index in [9.17, 15) is 12.8 Å². The van der Waals surface area contributed by atoms with Crippen LogP contribution in [0.2, 0.25) is 0 Å². The van der Waals surface area contributed by atoms with E-state index in [2.05, 4.69) is 26.1 Å². The van der Waals surface area contributed by atoms with Gasteiger partial charge < -0.3 is 5.32 Å². The number of hydrogen-bond donors (Lipinski definition) is 2. The molecular weight excluding hydrogens is 427 g/mol. The molecule has 1 fully saturated rings. The molecule has 2 aromatic heterocycles. The Hall–Kier alpha value is -2.58. The number of rotatable bonds is 7. The zero-order chi connectivity index (χ0) is 22.5. The molecule has 32 heavy (non-hydrogen) atoms. The summed E-state index contributed by atoms with van der Waals surface area (Å²) in [5, 5.41) is 4.94. The van der Waals surface area contributed by atoms with Crippen LogP contribution in [0.1, 0.15) is 49.4 Å². The maximum absolute atomic E-state index is 14.2. The van der Waals surface area contributed by atoms with Gasteiger partial charge in [-0.25, -0.2) is 17.5 Å². The molecule has 0 aliphatic heterocycles. The van der Waals surface area contributed by atoms with Gasteiger partial charge in [0, 0.05) is 53.6 Å². The number of anilines is 1. The lowest BCUT2D eigenvalue weighted by Crippen LogP contribution is -2.36. The standard InChI is InChI=1S/C24H27FN4O2S/c1-24(2,25)14-28-32(30,31)23-20-10-19(29-18-4-3-7-26-13-18)9-16(20)8-17-12-27-22(11-21(17)23)15-5-6-15/h3-4,7-8,11-13,15,19,28-29H,5-6,9-10,14H2,1-2H3/t19-/m1/s1. The van der Waals surface area contributed by atoms with Gasteiger partial charge in [0.05, 0.1) is 10.6 Å². The molecule has 0 radical (unpaired) electrons. The van der Waals surface area contributed by atoms with Gasteiger partial charge in [0.15, 0.2) is 0 Å². The van der Waals surface area contributed by atoms with Crippen molar-refractivity contribution in [2.75, 3.05) is 11.9 Å². The second kappa shape index (κ2) is 7.78. The minimum atomic E-state index is -3.92. The number of fused-ring (bicyclic) bond motifs is 2. The SMILES string of the molecule is CC(C)(F)CNS(=O)(=O)c1c2c(cc3cnc(C4CC4)cc13)C[C@@H](Nc1cccnc1)C2. The van der Waals surface area contributed by atoms with E-state index in [-0.39, 0.29) is 17.5 Å². The first-order valence-electron chi connectivity index (χ1n) is 11.0. The van der Waals surface area contributed by atoms with Crippen LogP contribution in [-0.2, 0) is 22.9 Å². The molecule has 2 heterocycles. The Morgan fingerprint density at radius 2 is 2.00 bits per heavy atom. The highest BCUT2D eigenvalue weighted by Gasteiger charge is 2.33. The van der Waals surface area contributed by atoms with Gasteiger partial charge in [0.1, 0.15) is 5.67 Å². The zero-order valence-electron chi connectivity index (χ0n) is 18.2. The molecule has 1 aromatic carbocycles. The van der Waals surface area contributed by atoms with Gasteiger partial charge in [-0.15, -0.1) is 0 Å². The van der Waals surface area contributed by atoms with E-state index in [1.807, 2.05) is 18.2 Å². The topological polar surface area (TPSA) is 84.0 Å². The minimum Gasteiger partial charge on any atom is -0.380 e. The third-order valence-electron chi connectivity index (χ3n) is 6.09. The van der Waals surface area contributed by atoms with E-state index in [1.165, 1.54) is 13.8 Å². The van der Waals surface area contributed by atoms with Crippen LogP contribution in [0.25, 0.3) is 10.8 Å². The maximum Gasteiger partial charge on any atom is 0.241 e. The molecule has 0 bridgehead atoms. The van der Waals surface area contributed by atoms with Crippen LogP contribution >= 0.6 is 0 Å². The number of benzene rings is 1. The summed E-state index contributed by atoms with van der Waals surface area (Å²) < 4.78 is 43.6. The van der Waals surface area contributed by atoms with E-state index in [0.29, 0.717) is 24.1 Å². The fourth-order valence-electron chi connectivity index (χ4n) is 4.40. The Morgan fingerprint density at radius 1 is 1.19 bits per heavy atom. The van der Waals surface area contributed by atoms with Gasteiger partial charge in [-0.05, 0) is 74.9 Å². The Kier molecular flexibility index (Phi) is 5.17. The summed E-state index contributed by atoms with van der Waals surface area (Å²) in [5.41, 5.74) is 1.97. The summed E-state index contributed by atoms with van der Waals surface area (Å²) in [6.45, 7) is 2.45. The molecule has 5 rings (SSSR count). The number of nitrogens with zero attached hydrogens (tertiary/aromatic N) is 2. The van der Waals surface area contributed by atoms with Gasteiger partial charge >= 0.3 is 0 Å². The van der Waals surface area contributed by atoms with Gasteiger partial charge in [-0.1, -0.05) is 0 Å². The van der Waals surface area contributed by atoms with Crippen molar-refractivity contribution in [3.05, 3.63) is 59.7 Å². The minimum absolute atomic E-state index is 0.0495. The largest absolute Gasteiger partial charge is 0.380 e. The Morgan fingerprint density at radius 3 is 2.69 bits per heavy atom. The number of alkyl halides is 1. The summed E-state index contributed by atoms with van der Waals surface area (Å²) in [6.07, 6.45) is 8.68. The lowest BCUT2D eigenvalue weighted by Gasteiger charge is -2.18. The molecule has 3 aromatic rings. The first-order chi connectivity index (χ1) is 15.2. The van der Waals surface area contributed by atoms with Gasteiger partial charge in [-0.3, -0.25) is 9.97 Å². The van der Waals surface area contributed by atoms with Gasteiger partial charge in [0.2, 0.25) is 10.0 Å². The average Bonchev–Trinajstić information content (AvgIpc) is 3.51. The molecule has 1 saturated carbocycles. The molecule has 8 heteroatoms. The molecule has 0 amide bonds. The lowest BCUT2D eigenvalue weighted by atomic mass is 10.0. The lowest BCUT2D eigenvalue weighted by molar-refractivity contribution is 0.221. The Bertz CT molecular complexity index is 1270. The third-order valence-corrected chi connectivity index (χ3v) is 7.62. The molecule has 0 unspecified atom stereocenters.